The zero-order valence-electron chi connectivity index (χ0n) is 16.8. The van der Waals surface area contributed by atoms with Crippen LogP contribution in [0.5, 0.6) is 11.5 Å². The minimum Gasteiger partial charge on any atom is -0.507 e. The van der Waals surface area contributed by atoms with Gasteiger partial charge in [0.15, 0.2) is 16.6 Å². The Kier molecular flexibility index (Phi) is 3.26. The molecule has 5 nitrogen and oxygen atoms in total. The SMILES string of the molecule is Cc1oc2c(c1C)c(C)c(O)c1c3c4c(c(C)c(=O)cc-4oc12)[C@H](C)[C@@H](C)O3. The van der Waals surface area contributed by atoms with Gasteiger partial charge in [0.2, 0.25) is 0 Å². The van der Waals surface area contributed by atoms with Gasteiger partial charge in [0.1, 0.15) is 34.5 Å². The quantitative estimate of drug-likeness (QED) is 0.411. The molecule has 1 N–H and O–H groups in total. The van der Waals surface area contributed by atoms with Crippen LogP contribution in [0.1, 0.15) is 47.8 Å². The maximum atomic E-state index is 12.6. The highest BCUT2D eigenvalue weighted by Crippen LogP contribution is 2.53. The molecular formula is C23H22O5. The molecule has 2 atom stereocenters. The molecule has 0 radical (unpaired) electrons. The van der Waals surface area contributed by atoms with Gasteiger partial charge in [-0.1, -0.05) is 6.92 Å². The van der Waals surface area contributed by atoms with Gasteiger partial charge in [0, 0.05) is 28.5 Å². The molecule has 5 rings (SSSR count). The van der Waals surface area contributed by atoms with Gasteiger partial charge in [-0.3, -0.25) is 4.79 Å². The Labute approximate surface area is 161 Å². The molecule has 5 heteroatoms. The van der Waals surface area contributed by atoms with Crippen molar-refractivity contribution in [2.45, 2.75) is 53.6 Å². The van der Waals surface area contributed by atoms with Crippen molar-refractivity contribution in [2.75, 3.05) is 0 Å². The third kappa shape index (κ3) is 1.89. The number of hydrogen-bond donors (Lipinski definition) is 1. The molecule has 1 aromatic carbocycles. The number of furan rings is 1. The molecule has 0 fully saturated rings. The standard InChI is InChI=1S/C23H22O5/c1-8-12(5)26-21-18-15(7-14(24)10(3)16(8)18)28-23-19(21)20(25)11(4)17-9(2)13(6)27-22(17)23/h7-8,12,25H,1-6H3/t8-,12-/m1/s1. The summed E-state index contributed by atoms with van der Waals surface area (Å²) in [5.41, 5.74) is 5.03. The largest absolute Gasteiger partial charge is 0.507 e. The van der Waals surface area contributed by atoms with Crippen molar-refractivity contribution in [1.29, 1.82) is 0 Å². The summed E-state index contributed by atoms with van der Waals surface area (Å²) in [7, 11) is 0. The van der Waals surface area contributed by atoms with E-state index in [9.17, 15) is 9.90 Å². The number of ether oxygens (including phenoxy) is 1. The van der Waals surface area contributed by atoms with Crippen LogP contribution >= 0.6 is 0 Å². The minimum atomic E-state index is -0.141. The maximum Gasteiger partial charge on any atom is 0.185 e. The van der Waals surface area contributed by atoms with E-state index >= 15 is 0 Å². The van der Waals surface area contributed by atoms with Crippen LogP contribution in [0.2, 0.25) is 0 Å². The third-order valence-electron chi connectivity index (χ3n) is 6.47. The number of aryl methyl sites for hydroxylation is 3. The summed E-state index contributed by atoms with van der Waals surface area (Å²) in [6.07, 6.45) is -0.141. The van der Waals surface area contributed by atoms with Crippen LogP contribution in [0, 0.1) is 27.7 Å². The fourth-order valence-electron chi connectivity index (χ4n) is 4.59. The summed E-state index contributed by atoms with van der Waals surface area (Å²) in [5.74, 6) is 1.96. The van der Waals surface area contributed by atoms with Crippen molar-refractivity contribution < 1.29 is 18.7 Å². The Hall–Kier alpha value is -2.95. The van der Waals surface area contributed by atoms with Crippen molar-refractivity contribution >= 4 is 21.9 Å². The summed E-state index contributed by atoms with van der Waals surface area (Å²) in [6.45, 7) is 11.6. The lowest BCUT2D eigenvalue weighted by molar-refractivity contribution is 0.187. The first-order valence-electron chi connectivity index (χ1n) is 9.54. The molecule has 3 heterocycles. The number of hydrogen-bond acceptors (Lipinski definition) is 5. The first-order valence-corrected chi connectivity index (χ1v) is 9.54. The second-order valence-corrected chi connectivity index (χ2v) is 7.99. The number of phenols is 1. The van der Waals surface area contributed by atoms with E-state index in [0.717, 1.165) is 33.4 Å². The predicted molar refractivity (Wildman–Crippen MR) is 108 cm³/mol. The average Bonchev–Trinajstić information content (AvgIpc) is 2.95. The summed E-state index contributed by atoms with van der Waals surface area (Å²) >= 11 is 0. The first kappa shape index (κ1) is 17.2. The third-order valence-corrected chi connectivity index (χ3v) is 6.47. The number of benzene rings is 2. The van der Waals surface area contributed by atoms with Gasteiger partial charge in [-0.05, 0) is 45.7 Å². The molecule has 1 aromatic heterocycles. The van der Waals surface area contributed by atoms with Crippen molar-refractivity contribution in [3.05, 3.63) is 44.3 Å². The number of aromatic hydroxyl groups is 1. The van der Waals surface area contributed by atoms with Gasteiger partial charge >= 0.3 is 0 Å². The van der Waals surface area contributed by atoms with E-state index in [0.29, 0.717) is 33.6 Å². The van der Waals surface area contributed by atoms with Gasteiger partial charge in [0.05, 0.1) is 5.56 Å². The molecular weight excluding hydrogens is 356 g/mol. The summed E-state index contributed by atoms with van der Waals surface area (Å²) in [5, 5.41) is 12.5. The maximum absolute atomic E-state index is 12.6. The van der Waals surface area contributed by atoms with E-state index < -0.39 is 0 Å². The Bertz CT molecular complexity index is 1340. The minimum absolute atomic E-state index is 0.0385. The van der Waals surface area contributed by atoms with Crippen LogP contribution in [0.3, 0.4) is 0 Å². The van der Waals surface area contributed by atoms with E-state index in [4.69, 9.17) is 13.6 Å². The molecule has 0 spiro atoms. The van der Waals surface area contributed by atoms with Crippen LogP contribution in [0.15, 0.2) is 19.7 Å². The monoisotopic (exact) mass is 378 g/mol. The Morgan fingerprint density at radius 1 is 0.929 bits per heavy atom. The van der Waals surface area contributed by atoms with Crippen LogP contribution in [-0.4, -0.2) is 11.2 Å². The highest BCUT2D eigenvalue weighted by Gasteiger charge is 2.36. The number of phenolic OH excluding ortho intramolecular Hbond substituents is 1. The molecule has 0 amide bonds. The number of rotatable bonds is 0. The van der Waals surface area contributed by atoms with E-state index in [-0.39, 0.29) is 23.2 Å². The molecule has 1 aliphatic carbocycles. The van der Waals surface area contributed by atoms with Gasteiger partial charge in [-0.2, -0.15) is 0 Å². The molecule has 2 aliphatic heterocycles. The topological polar surface area (TPSA) is 72.8 Å². The molecule has 2 aromatic rings. The molecule has 0 saturated heterocycles. The molecule has 28 heavy (non-hydrogen) atoms. The zero-order chi connectivity index (χ0) is 20.1. The summed E-state index contributed by atoms with van der Waals surface area (Å²) < 4.78 is 18.5. The van der Waals surface area contributed by atoms with Crippen molar-refractivity contribution in [3.63, 3.8) is 0 Å². The smallest absolute Gasteiger partial charge is 0.185 e. The van der Waals surface area contributed by atoms with Crippen LogP contribution < -0.4 is 10.2 Å². The highest BCUT2D eigenvalue weighted by atomic mass is 16.5. The lowest BCUT2D eigenvalue weighted by Crippen LogP contribution is -2.28. The lowest BCUT2D eigenvalue weighted by Gasteiger charge is -2.33. The molecule has 0 unspecified atom stereocenters. The van der Waals surface area contributed by atoms with E-state index in [1.54, 1.807) is 0 Å². The summed E-state index contributed by atoms with van der Waals surface area (Å²) in [6, 6.07) is 1.51. The second kappa shape index (κ2) is 5.31. The Morgan fingerprint density at radius 2 is 1.61 bits per heavy atom. The van der Waals surface area contributed by atoms with Crippen LogP contribution in [-0.2, 0) is 0 Å². The molecule has 144 valence electrons. The van der Waals surface area contributed by atoms with Crippen molar-refractivity contribution in [3.8, 4) is 22.8 Å². The molecule has 0 saturated carbocycles. The van der Waals surface area contributed by atoms with E-state index in [1.165, 1.54) is 6.07 Å². The Balaban J connectivity index is 2.12. The van der Waals surface area contributed by atoms with Gasteiger partial charge in [-0.15, -0.1) is 0 Å². The molecule has 0 bridgehead atoms. The fraction of sp³-hybridized carbons (Fsp3) is 0.348. The molecule has 3 aliphatic rings. The van der Waals surface area contributed by atoms with Crippen molar-refractivity contribution in [1.82, 2.24) is 0 Å². The van der Waals surface area contributed by atoms with Crippen LogP contribution in [0.25, 0.3) is 33.3 Å². The van der Waals surface area contributed by atoms with Gasteiger partial charge in [-0.25, -0.2) is 0 Å². The Morgan fingerprint density at radius 3 is 2.32 bits per heavy atom. The highest BCUT2D eigenvalue weighted by molar-refractivity contribution is 6.12. The normalized spacial score (nSPS) is 18.9. The second-order valence-electron chi connectivity index (χ2n) is 7.99. The fourth-order valence-corrected chi connectivity index (χ4v) is 4.59. The van der Waals surface area contributed by atoms with Gasteiger partial charge < -0.3 is 18.7 Å². The van der Waals surface area contributed by atoms with Crippen molar-refractivity contribution in [2.24, 2.45) is 0 Å². The van der Waals surface area contributed by atoms with E-state index in [1.807, 2.05) is 41.5 Å². The first-order chi connectivity index (χ1) is 13.2. The average molecular weight is 378 g/mol. The summed E-state index contributed by atoms with van der Waals surface area (Å²) in [4.78, 5) is 12.6. The lowest BCUT2D eigenvalue weighted by atomic mass is 9.83. The zero-order valence-corrected chi connectivity index (χ0v) is 16.8. The van der Waals surface area contributed by atoms with E-state index in [2.05, 4.69) is 0 Å². The van der Waals surface area contributed by atoms with Gasteiger partial charge in [0.25, 0.3) is 0 Å². The number of fused-ring (bicyclic) bond motifs is 4. The van der Waals surface area contributed by atoms with Crippen LogP contribution in [0.4, 0.5) is 0 Å². The predicted octanol–water partition coefficient (Wildman–Crippen LogP) is 5.47.